The number of halogens is 2. The minimum atomic E-state index is -0.853. The highest BCUT2D eigenvalue weighted by Crippen LogP contribution is 2.38. The van der Waals surface area contributed by atoms with Crippen molar-refractivity contribution < 1.29 is 23.8 Å². The lowest BCUT2D eigenvalue weighted by Gasteiger charge is -2.40. The van der Waals surface area contributed by atoms with E-state index in [-0.39, 0.29) is 41.3 Å². The van der Waals surface area contributed by atoms with E-state index in [4.69, 9.17) is 16.3 Å². The summed E-state index contributed by atoms with van der Waals surface area (Å²) in [6.45, 7) is 1.90. The lowest BCUT2D eigenvalue weighted by atomic mass is 9.86. The first-order valence-electron chi connectivity index (χ1n) is 14.7. The zero-order valence-electron chi connectivity index (χ0n) is 24.3. The Morgan fingerprint density at radius 3 is 2.43 bits per heavy atom. The summed E-state index contributed by atoms with van der Waals surface area (Å²) in [5.74, 6) is -1.28. The first-order valence-corrected chi connectivity index (χ1v) is 15.0. The van der Waals surface area contributed by atoms with Crippen molar-refractivity contribution in [1.82, 2.24) is 19.9 Å². The molecule has 9 nitrogen and oxygen atoms in total. The molecule has 0 aliphatic carbocycles. The molecule has 0 bridgehead atoms. The summed E-state index contributed by atoms with van der Waals surface area (Å²) < 4.78 is 21.4. The largest absolute Gasteiger partial charge is 0.392 e. The molecule has 0 spiro atoms. The molecule has 11 heteroatoms. The summed E-state index contributed by atoms with van der Waals surface area (Å²) in [5.41, 5.74) is 4.53. The highest BCUT2D eigenvalue weighted by atomic mass is 35.5. The number of aliphatic hydroxyl groups is 1. The number of ketones is 1. The maximum Gasteiger partial charge on any atom is 0.276 e. The number of hydrogen-bond donors (Lipinski definition) is 1. The third-order valence-corrected chi connectivity index (χ3v) is 8.84. The molecule has 228 valence electrons. The van der Waals surface area contributed by atoms with Crippen LogP contribution < -0.4 is 4.90 Å². The van der Waals surface area contributed by atoms with Crippen LogP contribution in [0.4, 0.5) is 10.1 Å². The molecule has 1 fully saturated rings. The predicted molar refractivity (Wildman–Crippen MR) is 164 cm³/mol. The van der Waals surface area contributed by atoms with Gasteiger partial charge in [-0.05, 0) is 59.7 Å². The van der Waals surface area contributed by atoms with Crippen LogP contribution in [-0.4, -0.2) is 69.5 Å². The number of ether oxygens (including phenoxy) is 1. The summed E-state index contributed by atoms with van der Waals surface area (Å²) in [7, 11) is 1.74. The van der Waals surface area contributed by atoms with E-state index in [1.807, 2.05) is 24.3 Å². The maximum absolute atomic E-state index is 14.7. The second-order valence-electron chi connectivity index (χ2n) is 11.2. The van der Waals surface area contributed by atoms with Crippen molar-refractivity contribution in [2.24, 2.45) is 0 Å². The van der Waals surface area contributed by atoms with Gasteiger partial charge in [0.05, 0.1) is 23.9 Å². The Bertz CT molecular complexity index is 1670. The van der Waals surface area contributed by atoms with E-state index < -0.39 is 17.8 Å². The Morgan fingerprint density at radius 2 is 1.70 bits per heavy atom. The molecule has 3 heterocycles. The number of amides is 1. The summed E-state index contributed by atoms with van der Waals surface area (Å²) in [6, 6.07) is 16.8. The summed E-state index contributed by atoms with van der Waals surface area (Å²) in [6.07, 6.45) is 4.09. The zero-order valence-corrected chi connectivity index (χ0v) is 25.1. The highest BCUT2D eigenvalue weighted by Gasteiger charge is 2.38. The van der Waals surface area contributed by atoms with Gasteiger partial charge in [-0.15, -0.1) is 5.10 Å². The number of carbonyl (C=O) groups excluding carboxylic acids is 2. The molecule has 0 radical (unpaired) electrons. The number of benzene rings is 3. The van der Waals surface area contributed by atoms with Gasteiger partial charge in [-0.25, -0.2) is 9.07 Å². The summed E-state index contributed by atoms with van der Waals surface area (Å²) >= 11 is 5.95. The number of aromatic nitrogens is 3. The van der Waals surface area contributed by atoms with Gasteiger partial charge < -0.3 is 19.6 Å². The minimum absolute atomic E-state index is 0.00397. The average Bonchev–Trinajstić information content (AvgIpc) is 3.55. The van der Waals surface area contributed by atoms with Gasteiger partial charge in [-0.1, -0.05) is 59.3 Å². The van der Waals surface area contributed by atoms with Gasteiger partial charge in [-0.3, -0.25) is 9.59 Å². The van der Waals surface area contributed by atoms with Crippen molar-refractivity contribution >= 4 is 29.0 Å². The van der Waals surface area contributed by atoms with Crippen LogP contribution in [0.5, 0.6) is 0 Å². The van der Waals surface area contributed by atoms with E-state index in [9.17, 15) is 19.1 Å². The van der Waals surface area contributed by atoms with Crippen LogP contribution in [0, 0.1) is 5.82 Å². The number of piperidine rings is 1. The quantitative estimate of drug-likeness (QED) is 0.305. The van der Waals surface area contributed by atoms with E-state index in [0.29, 0.717) is 13.0 Å². The summed E-state index contributed by atoms with van der Waals surface area (Å²) in [4.78, 5) is 32.0. The Balaban J connectivity index is 1.34. The molecule has 0 saturated carbocycles. The number of rotatable bonds is 8. The van der Waals surface area contributed by atoms with Crippen LogP contribution in [0.15, 0.2) is 66.9 Å². The molecular formula is C33H33ClFN5O4. The topological polar surface area (TPSA) is 101 Å². The van der Waals surface area contributed by atoms with Crippen LogP contribution in [0.1, 0.15) is 51.6 Å². The predicted octanol–water partition coefficient (Wildman–Crippen LogP) is 4.72. The van der Waals surface area contributed by atoms with Crippen molar-refractivity contribution in [1.29, 1.82) is 0 Å². The van der Waals surface area contributed by atoms with Crippen LogP contribution in [0.2, 0.25) is 5.02 Å². The smallest absolute Gasteiger partial charge is 0.276 e. The van der Waals surface area contributed by atoms with E-state index in [1.54, 1.807) is 30.2 Å². The molecule has 1 atom stereocenters. The number of nitrogens with zero attached hydrogens (tertiary/aromatic N) is 5. The molecule has 2 aliphatic rings. The lowest BCUT2D eigenvalue weighted by molar-refractivity contribution is -0.123. The van der Waals surface area contributed by atoms with Crippen LogP contribution in [0.25, 0.3) is 5.69 Å². The van der Waals surface area contributed by atoms with Gasteiger partial charge in [0.25, 0.3) is 5.91 Å². The fraction of sp³-hybridized carbons (Fsp3) is 0.333. The van der Waals surface area contributed by atoms with E-state index in [1.165, 1.54) is 23.0 Å². The van der Waals surface area contributed by atoms with Crippen LogP contribution in [-0.2, 0) is 29.0 Å². The molecule has 44 heavy (non-hydrogen) atoms. The molecule has 0 unspecified atom stereocenters. The van der Waals surface area contributed by atoms with Crippen LogP contribution in [0.3, 0.4) is 0 Å². The van der Waals surface area contributed by atoms with Gasteiger partial charge in [0.1, 0.15) is 11.7 Å². The molecule has 2 aliphatic heterocycles. The first-order chi connectivity index (χ1) is 21.4. The van der Waals surface area contributed by atoms with Gasteiger partial charge in [-0.2, -0.15) is 0 Å². The number of anilines is 1. The molecule has 1 saturated heterocycles. The highest BCUT2D eigenvalue weighted by molar-refractivity contribution is 6.30. The molecule has 1 aromatic heterocycles. The standard InChI is InChI=1S/C33H33ClFN5O4/c1-44-23-12-15-38(16-13-23)28-6-2-4-25-24(28)14-17-39(32(25)30(42)18-21-8-10-22(20-41)11-9-21)33(43)27-19-40(37-36-27)29-7-3-5-26(34)31(29)35/h2-11,19,23,32,41H,12-18,20H2,1H3/t32-/m0/s1. The Kier molecular flexibility index (Phi) is 8.74. The number of aliphatic hydroxyl groups excluding tert-OH is 1. The zero-order chi connectivity index (χ0) is 30.8. The fourth-order valence-corrected chi connectivity index (χ4v) is 6.37. The molecule has 3 aromatic carbocycles. The number of fused-ring (bicyclic) bond motifs is 1. The van der Waals surface area contributed by atoms with E-state index in [2.05, 4.69) is 21.3 Å². The summed E-state index contributed by atoms with van der Waals surface area (Å²) in [5, 5.41) is 17.4. The van der Waals surface area contributed by atoms with Crippen LogP contribution >= 0.6 is 11.6 Å². The molecule has 4 aromatic rings. The van der Waals surface area contributed by atoms with Crippen molar-refractivity contribution in [2.45, 2.75) is 44.4 Å². The van der Waals surface area contributed by atoms with E-state index in [0.717, 1.165) is 53.9 Å². The average molecular weight is 618 g/mol. The van der Waals surface area contributed by atoms with Gasteiger partial charge in [0.15, 0.2) is 17.3 Å². The molecular weight excluding hydrogens is 585 g/mol. The Morgan fingerprint density at radius 1 is 1.00 bits per heavy atom. The fourth-order valence-electron chi connectivity index (χ4n) is 6.20. The lowest BCUT2D eigenvalue weighted by Crippen LogP contribution is -2.45. The SMILES string of the molecule is COC1CCN(c2cccc3c2CCN(C(=O)c2cn(-c4cccc(Cl)c4F)nn2)[C@@H]3C(=O)Cc2ccc(CO)cc2)CC1. The van der Waals surface area contributed by atoms with E-state index >= 15 is 0 Å². The Labute approximate surface area is 259 Å². The first kappa shape index (κ1) is 29.9. The number of hydrogen-bond acceptors (Lipinski definition) is 7. The molecule has 1 N–H and O–H groups in total. The van der Waals surface area contributed by atoms with Crippen molar-refractivity contribution in [3.05, 3.63) is 106 Å². The van der Waals surface area contributed by atoms with Crippen molar-refractivity contribution in [2.75, 3.05) is 31.6 Å². The minimum Gasteiger partial charge on any atom is -0.392 e. The van der Waals surface area contributed by atoms with Gasteiger partial charge >= 0.3 is 0 Å². The molecule has 6 rings (SSSR count). The van der Waals surface area contributed by atoms with Gasteiger partial charge in [0, 0.05) is 38.9 Å². The second-order valence-corrected chi connectivity index (χ2v) is 11.6. The normalized spacial score (nSPS) is 17.0. The molecule has 1 amide bonds. The van der Waals surface area contributed by atoms with Gasteiger partial charge in [0.2, 0.25) is 0 Å². The number of Topliss-reactive ketones (excluding diaryl/α,β-unsaturated/α-hetero) is 1. The third-order valence-electron chi connectivity index (χ3n) is 8.55. The van der Waals surface area contributed by atoms with Crippen molar-refractivity contribution in [3.63, 3.8) is 0 Å². The maximum atomic E-state index is 14.7. The third kappa shape index (κ3) is 5.85. The number of carbonyl (C=O) groups is 2. The Hall–Kier alpha value is -4.12. The van der Waals surface area contributed by atoms with Crippen molar-refractivity contribution in [3.8, 4) is 5.69 Å². The monoisotopic (exact) mass is 617 g/mol. The second kappa shape index (κ2) is 12.9. The number of methoxy groups -OCH3 is 1.